The zero-order valence-corrected chi connectivity index (χ0v) is 11.9. The normalized spacial score (nSPS) is 21.8. The standard InChI is InChI=1S/C14H16O4S/c1-10-4-6-11(7-5-10)19(16,17)18-13-9-8-12(15)14(13,2)3/h4-9,13H,1-3H3/t13-/m0/s1. The van der Waals surface area contributed by atoms with Crippen LogP contribution in [0.1, 0.15) is 19.4 Å². The molecule has 5 heteroatoms. The predicted molar refractivity (Wildman–Crippen MR) is 71.2 cm³/mol. The zero-order valence-electron chi connectivity index (χ0n) is 11.1. The Labute approximate surface area is 113 Å². The molecule has 102 valence electrons. The van der Waals surface area contributed by atoms with Crippen LogP contribution in [0.4, 0.5) is 0 Å². The summed E-state index contributed by atoms with van der Waals surface area (Å²) in [7, 11) is -3.86. The van der Waals surface area contributed by atoms with Gasteiger partial charge in [0, 0.05) is 0 Å². The Hall–Kier alpha value is -1.46. The summed E-state index contributed by atoms with van der Waals surface area (Å²) in [6.07, 6.45) is 2.11. The van der Waals surface area contributed by atoms with Crippen LogP contribution >= 0.6 is 0 Å². The molecule has 0 radical (unpaired) electrons. The smallest absolute Gasteiger partial charge is 0.294 e. The van der Waals surface area contributed by atoms with Crippen molar-refractivity contribution in [3.05, 3.63) is 42.0 Å². The maximum Gasteiger partial charge on any atom is 0.297 e. The second-order valence-corrected chi connectivity index (χ2v) is 6.80. The summed E-state index contributed by atoms with van der Waals surface area (Å²) in [5, 5.41) is 0. The van der Waals surface area contributed by atoms with Gasteiger partial charge < -0.3 is 0 Å². The molecule has 1 atom stereocenters. The molecule has 0 saturated heterocycles. The Morgan fingerprint density at radius 3 is 2.21 bits per heavy atom. The van der Waals surface area contributed by atoms with Gasteiger partial charge >= 0.3 is 0 Å². The third-order valence-corrected chi connectivity index (χ3v) is 4.62. The van der Waals surface area contributed by atoms with E-state index in [0.717, 1.165) is 5.56 Å². The minimum absolute atomic E-state index is 0.0987. The Morgan fingerprint density at radius 1 is 1.16 bits per heavy atom. The van der Waals surface area contributed by atoms with Crippen molar-refractivity contribution < 1.29 is 17.4 Å². The van der Waals surface area contributed by atoms with E-state index in [-0.39, 0.29) is 10.7 Å². The van der Waals surface area contributed by atoms with Crippen LogP contribution in [0, 0.1) is 12.3 Å². The summed E-state index contributed by atoms with van der Waals surface area (Å²) in [4.78, 5) is 11.7. The van der Waals surface area contributed by atoms with Crippen LogP contribution in [0.5, 0.6) is 0 Å². The van der Waals surface area contributed by atoms with Crippen molar-refractivity contribution in [1.29, 1.82) is 0 Å². The van der Waals surface area contributed by atoms with Gasteiger partial charge in [0.15, 0.2) is 5.78 Å². The molecule has 2 rings (SSSR count). The average molecular weight is 280 g/mol. The van der Waals surface area contributed by atoms with E-state index in [1.165, 1.54) is 24.3 Å². The number of aryl methyl sites for hydroxylation is 1. The second kappa shape index (κ2) is 4.58. The van der Waals surface area contributed by atoms with E-state index in [4.69, 9.17) is 4.18 Å². The first-order valence-electron chi connectivity index (χ1n) is 5.96. The third-order valence-electron chi connectivity index (χ3n) is 3.31. The fraction of sp³-hybridized carbons (Fsp3) is 0.357. The molecule has 1 aromatic rings. The van der Waals surface area contributed by atoms with Crippen molar-refractivity contribution in [3.8, 4) is 0 Å². The SMILES string of the molecule is Cc1ccc(S(=O)(=O)O[C@H]2C=CC(=O)C2(C)C)cc1. The van der Waals surface area contributed by atoms with Crippen LogP contribution in [0.3, 0.4) is 0 Å². The molecule has 0 aromatic heterocycles. The number of carbonyl (C=O) groups is 1. The van der Waals surface area contributed by atoms with E-state index in [1.54, 1.807) is 26.0 Å². The Kier molecular flexibility index (Phi) is 3.36. The quantitative estimate of drug-likeness (QED) is 0.797. The minimum atomic E-state index is -3.86. The summed E-state index contributed by atoms with van der Waals surface area (Å²) in [5.41, 5.74) is 0.118. The molecule has 4 nitrogen and oxygen atoms in total. The summed E-state index contributed by atoms with van der Waals surface area (Å²) < 4.78 is 29.4. The highest BCUT2D eigenvalue weighted by molar-refractivity contribution is 7.86. The van der Waals surface area contributed by atoms with Gasteiger partial charge in [-0.1, -0.05) is 17.7 Å². The second-order valence-electron chi connectivity index (χ2n) is 5.23. The Balaban J connectivity index is 2.26. The average Bonchev–Trinajstić information content (AvgIpc) is 2.56. The first-order valence-corrected chi connectivity index (χ1v) is 7.37. The predicted octanol–water partition coefficient (Wildman–Crippen LogP) is 2.23. The van der Waals surface area contributed by atoms with Crippen molar-refractivity contribution in [1.82, 2.24) is 0 Å². The number of ketones is 1. The minimum Gasteiger partial charge on any atom is -0.294 e. The third kappa shape index (κ3) is 2.62. The molecule has 0 fully saturated rings. The van der Waals surface area contributed by atoms with Gasteiger partial charge in [-0.05, 0) is 45.1 Å². The summed E-state index contributed by atoms with van der Waals surface area (Å²) in [6, 6.07) is 6.41. The van der Waals surface area contributed by atoms with Crippen LogP contribution in [-0.4, -0.2) is 20.3 Å². The van der Waals surface area contributed by atoms with E-state index in [9.17, 15) is 13.2 Å². The van der Waals surface area contributed by atoms with Crippen molar-refractivity contribution in [2.45, 2.75) is 31.8 Å². The highest BCUT2D eigenvalue weighted by Crippen LogP contribution is 2.33. The van der Waals surface area contributed by atoms with Crippen LogP contribution in [-0.2, 0) is 19.1 Å². The monoisotopic (exact) mass is 280 g/mol. The fourth-order valence-corrected chi connectivity index (χ4v) is 2.98. The fourth-order valence-electron chi connectivity index (χ4n) is 1.82. The van der Waals surface area contributed by atoms with Crippen LogP contribution in [0.15, 0.2) is 41.3 Å². The number of rotatable bonds is 3. The molecule has 0 N–H and O–H groups in total. The van der Waals surface area contributed by atoms with Gasteiger partial charge in [0.1, 0.15) is 6.10 Å². The van der Waals surface area contributed by atoms with Gasteiger partial charge in [0.2, 0.25) is 0 Å². The van der Waals surface area contributed by atoms with Crippen molar-refractivity contribution >= 4 is 15.9 Å². The van der Waals surface area contributed by atoms with Gasteiger partial charge in [-0.25, -0.2) is 0 Å². The van der Waals surface area contributed by atoms with Crippen LogP contribution < -0.4 is 0 Å². The Bertz CT molecular complexity index is 624. The summed E-state index contributed by atoms with van der Waals surface area (Å²) in [5.74, 6) is -0.128. The van der Waals surface area contributed by atoms with Crippen molar-refractivity contribution in [2.75, 3.05) is 0 Å². The first-order chi connectivity index (χ1) is 8.73. The maximum atomic E-state index is 12.1. The summed E-state index contributed by atoms with van der Waals surface area (Å²) in [6.45, 7) is 5.22. The number of benzene rings is 1. The number of hydrogen-bond acceptors (Lipinski definition) is 4. The molecule has 1 aromatic carbocycles. The van der Waals surface area contributed by atoms with Gasteiger partial charge in [0.25, 0.3) is 10.1 Å². The lowest BCUT2D eigenvalue weighted by atomic mass is 9.87. The summed E-state index contributed by atoms with van der Waals surface area (Å²) >= 11 is 0. The first kappa shape index (κ1) is 14.0. The highest BCUT2D eigenvalue weighted by Gasteiger charge is 2.41. The van der Waals surface area contributed by atoms with Gasteiger partial charge in [-0.2, -0.15) is 8.42 Å². The molecule has 1 aliphatic rings. The molecule has 0 unspecified atom stereocenters. The zero-order chi connectivity index (χ0) is 14.3. The van der Waals surface area contributed by atoms with E-state index >= 15 is 0 Å². The molecule has 0 amide bonds. The molecular weight excluding hydrogens is 264 g/mol. The Morgan fingerprint density at radius 2 is 1.74 bits per heavy atom. The molecule has 1 aliphatic carbocycles. The molecule has 0 spiro atoms. The largest absolute Gasteiger partial charge is 0.297 e. The number of allylic oxidation sites excluding steroid dienone is 1. The molecule has 0 saturated carbocycles. The number of carbonyl (C=O) groups excluding carboxylic acids is 1. The lowest BCUT2D eigenvalue weighted by molar-refractivity contribution is -0.123. The molecule has 19 heavy (non-hydrogen) atoms. The molecule has 0 aliphatic heterocycles. The van der Waals surface area contributed by atoms with E-state index < -0.39 is 21.6 Å². The van der Waals surface area contributed by atoms with E-state index in [1.807, 2.05) is 6.92 Å². The highest BCUT2D eigenvalue weighted by atomic mass is 32.2. The number of hydrogen-bond donors (Lipinski definition) is 0. The van der Waals surface area contributed by atoms with E-state index in [0.29, 0.717) is 0 Å². The van der Waals surface area contributed by atoms with Gasteiger partial charge in [0.05, 0.1) is 10.3 Å². The lowest BCUT2D eigenvalue weighted by Gasteiger charge is -2.24. The molecule has 0 bridgehead atoms. The van der Waals surface area contributed by atoms with Crippen LogP contribution in [0.2, 0.25) is 0 Å². The lowest BCUT2D eigenvalue weighted by Crippen LogP contribution is -2.34. The van der Waals surface area contributed by atoms with Crippen molar-refractivity contribution in [3.63, 3.8) is 0 Å². The maximum absolute atomic E-state index is 12.1. The van der Waals surface area contributed by atoms with Gasteiger partial charge in [-0.15, -0.1) is 0 Å². The molecule has 0 heterocycles. The van der Waals surface area contributed by atoms with Gasteiger partial charge in [-0.3, -0.25) is 8.98 Å². The van der Waals surface area contributed by atoms with Crippen molar-refractivity contribution in [2.24, 2.45) is 5.41 Å². The molecular formula is C14H16O4S. The van der Waals surface area contributed by atoms with E-state index in [2.05, 4.69) is 0 Å². The van der Waals surface area contributed by atoms with Crippen LogP contribution in [0.25, 0.3) is 0 Å². The topological polar surface area (TPSA) is 60.4 Å².